The number of aryl methyl sites for hydroxylation is 1. The van der Waals surface area contributed by atoms with Gasteiger partial charge in [0.2, 0.25) is 0 Å². The smallest absolute Gasteiger partial charge is 0.346 e. The number of nitrogens with zero attached hydrogens (tertiary/aromatic N) is 1. The molecule has 0 spiro atoms. The van der Waals surface area contributed by atoms with Gasteiger partial charge in [0.15, 0.2) is 6.39 Å². The predicted molar refractivity (Wildman–Crippen MR) is 56.9 cm³/mol. The highest BCUT2D eigenvalue weighted by atomic mass is 32.1. The van der Waals surface area contributed by atoms with Gasteiger partial charge in [0.1, 0.15) is 28.7 Å². The van der Waals surface area contributed by atoms with Crippen LogP contribution >= 0.6 is 11.3 Å². The summed E-state index contributed by atoms with van der Waals surface area (Å²) in [7, 11) is 0. The Bertz CT molecular complexity index is 502. The molecule has 0 saturated carbocycles. The van der Waals surface area contributed by atoms with Crippen LogP contribution in [0.25, 0.3) is 0 Å². The van der Waals surface area contributed by atoms with Crippen LogP contribution in [0.15, 0.2) is 22.3 Å². The molecule has 1 N–H and O–H groups in total. The summed E-state index contributed by atoms with van der Waals surface area (Å²) in [5.41, 5.74) is 0.711. The molecule has 0 radical (unpaired) electrons. The van der Waals surface area contributed by atoms with Crippen molar-refractivity contribution in [1.29, 1.82) is 0 Å². The molecule has 0 saturated heterocycles. The maximum absolute atomic E-state index is 10.6. The molecule has 0 bridgehead atoms. The third-order valence-corrected chi connectivity index (χ3v) is 2.90. The molecule has 5 nitrogen and oxygen atoms in total. The fourth-order valence-corrected chi connectivity index (χ4v) is 1.79. The van der Waals surface area contributed by atoms with Gasteiger partial charge < -0.3 is 14.3 Å². The van der Waals surface area contributed by atoms with E-state index in [9.17, 15) is 4.79 Å². The molecule has 0 unspecified atom stereocenters. The minimum atomic E-state index is -0.947. The summed E-state index contributed by atoms with van der Waals surface area (Å²) in [5.74, 6) is 0.288. The fraction of sp³-hybridized carbons (Fsp3) is 0.200. The largest absolute Gasteiger partial charge is 0.486 e. The predicted octanol–water partition coefficient (Wildman–Crippen LogP) is 2.32. The SMILES string of the molecule is Cc1ocnc1COc1csc(C(=O)O)c1. The van der Waals surface area contributed by atoms with E-state index in [0.29, 0.717) is 17.2 Å². The number of aromatic nitrogens is 1. The second-order valence-corrected chi connectivity index (χ2v) is 4.01. The second-order valence-electron chi connectivity index (χ2n) is 3.10. The molecule has 0 aliphatic carbocycles. The molecule has 2 rings (SSSR count). The van der Waals surface area contributed by atoms with Gasteiger partial charge in [-0.05, 0) is 6.92 Å². The Balaban J connectivity index is 2.00. The van der Waals surface area contributed by atoms with Crippen molar-refractivity contribution in [2.75, 3.05) is 0 Å². The normalized spacial score (nSPS) is 10.3. The molecule has 84 valence electrons. The van der Waals surface area contributed by atoms with Crippen LogP contribution in [-0.2, 0) is 6.61 Å². The minimum absolute atomic E-state index is 0.256. The van der Waals surface area contributed by atoms with E-state index in [1.165, 1.54) is 12.5 Å². The Hall–Kier alpha value is -1.82. The number of oxazole rings is 1. The molecule has 0 aliphatic rings. The van der Waals surface area contributed by atoms with E-state index >= 15 is 0 Å². The highest BCUT2D eigenvalue weighted by molar-refractivity contribution is 7.12. The third-order valence-electron chi connectivity index (χ3n) is 2.01. The molecule has 0 atom stereocenters. The number of carboxylic acid groups (broad SMARTS) is 1. The van der Waals surface area contributed by atoms with Crippen molar-refractivity contribution in [1.82, 2.24) is 4.98 Å². The topological polar surface area (TPSA) is 72.6 Å². The first-order valence-corrected chi connectivity index (χ1v) is 5.38. The lowest BCUT2D eigenvalue weighted by molar-refractivity contribution is 0.0702. The molecule has 0 aromatic carbocycles. The lowest BCUT2D eigenvalue weighted by Gasteiger charge is -2.00. The first-order valence-electron chi connectivity index (χ1n) is 4.50. The standard InChI is InChI=1S/C10H9NO4S/c1-6-8(11-5-15-6)3-14-7-2-9(10(12)13)16-4-7/h2,4-5H,3H2,1H3,(H,12,13). The molecule has 2 aromatic rings. The van der Waals surface area contributed by atoms with E-state index in [4.69, 9.17) is 14.3 Å². The van der Waals surface area contributed by atoms with Crippen LogP contribution in [0, 0.1) is 6.92 Å². The molecule has 16 heavy (non-hydrogen) atoms. The third kappa shape index (κ3) is 2.22. The van der Waals surface area contributed by atoms with E-state index < -0.39 is 5.97 Å². The van der Waals surface area contributed by atoms with Crippen LogP contribution in [0.5, 0.6) is 5.75 Å². The highest BCUT2D eigenvalue weighted by Gasteiger charge is 2.09. The number of ether oxygens (including phenoxy) is 1. The van der Waals surface area contributed by atoms with Gasteiger partial charge in [0, 0.05) is 11.4 Å². The number of thiophene rings is 1. The monoisotopic (exact) mass is 239 g/mol. The summed E-state index contributed by atoms with van der Waals surface area (Å²) in [5, 5.41) is 10.4. The Morgan fingerprint density at radius 3 is 3.06 bits per heavy atom. The summed E-state index contributed by atoms with van der Waals surface area (Å²) in [6, 6.07) is 1.49. The van der Waals surface area contributed by atoms with Crippen molar-refractivity contribution < 1.29 is 19.1 Å². The number of rotatable bonds is 4. The Morgan fingerprint density at radius 2 is 2.50 bits per heavy atom. The van der Waals surface area contributed by atoms with E-state index in [-0.39, 0.29) is 11.5 Å². The molecule has 0 fully saturated rings. The van der Waals surface area contributed by atoms with Crippen LogP contribution in [0.1, 0.15) is 21.1 Å². The molecular formula is C10H9NO4S. The van der Waals surface area contributed by atoms with Crippen molar-refractivity contribution >= 4 is 17.3 Å². The number of aromatic carboxylic acids is 1. The molecule has 2 heterocycles. The van der Waals surface area contributed by atoms with Crippen molar-refractivity contribution in [2.45, 2.75) is 13.5 Å². The summed E-state index contributed by atoms with van der Waals surface area (Å²) < 4.78 is 10.4. The Morgan fingerprint density at radius 1 is 1.69 bits per heavy atom. The fourth-order valence-electron chi connectivity index (χ4n) is 1.13. The van der Waals surface area contributed by atoms with E-state index in [2.05, 4.69) is 4.98 Å². The Kier molecular flexibility index (Phi) is 2.91. The zero-order valence-electron chi connectivity index (χ0n) is 8.47. The first-order chi connectivity index (χ1) is 7.66. The maximum Gasteiger partial charge on any atom is 0.346 e. The molecule has 2 aromatic heterocycles. The van der Waals surface area contributed by atoms with Crippen LogP contribution in [0.2, 0.25) is 0 Å². The summed E-state index contributed by atoms with van der Waals surface area (Å²) >= 11 is 1.13. The van der Waals surface area contributed by atoms with Gasteiger partial charge in [0.25, 0.3) is 0 Å². The lowest BCUT2D eigenvalue weighted by atomic mass is 10.4. The van der Waals surface area contributed by atoms with Crippen LogP contribution < -0.4 is 4.74 Å². The van der Waals surface area contributed by atoms with Gasteiger partial charge in [-0.1, -0.05) is 0 Å². The van der Waals surface area contributed by atoms with E-state index in [1.54, 1.807) is 12.3 Å². The maximum atomic E-state index is 10.6. The molecular weight excluding hydrogens is 230 g/mol. The number of hydrogen-bond donors (Lipinski definition) is 1. The number of hydrogen-bond acceptors (Lipinski definition) is 5. The highest BCUT2D eigenvalue weighted by Crippen LogP contribution is 2.22. The van der Waals surface area contributed by atoms with Gasteiger partial charge in [-0.15, -0.1) is 11.3 Å². The quantitative estimate of drug-likeness (QED) is 0.886. The van der Waals surface area contributed by atoms with Crippen molar-refractivity contribution in [3.05, 3.63) is 34.2 Å². The van der Waals surface area contributed by atoms with Gasteiger partial charge in [-0.3, -0.25) is 0 Å². The second kappa shape index (κ2) is 4.36. The zero-order chi connectivity index (χ0) is 11.5. The van der Waals surface area contributed by atoms with Gasteiger partial charge >= 0.3 is 5.97 Å². The van der Waals surface area contributed by atoms with Crippen molar-refractivity contribution in [3.63, 3.8) is 0 Å². The average Bonchev–Trinajstić information content (AvgIpc) is 2.83. The zero-order valence-corrected chi connectivity index (χ0v) is 9.28. The van der Waals surface area contributed by atoms with Crippen LogP contribution in [0.3, 0.4) is 0 Å². The number of carbonyl (C=O) groups is 1. The summed E-state index contributed by atoms with van der Waals surface area (Å²) in [6.45, 7) is 2.07. The molecule has 0 aliphatic heterocycles. The van der Waals surface area contributed by atoms with E-state index in [1.807, 2.05) is 0 Å². The first kappa shape index (κ1) is 10.7. The van der Waals surface area contributed by atoms with Crippen LogP contribution in [0.4, 0.5) is 0 Å². The van der Waals surface area contributed by atoms with Crippen molar-refractivity contribution in [3.8, 4) is 5.75 Å². The Labute approximate surface area is 95.3 Å². The van der Waals surface area contributed by atoms with Gasteiger partial charge in [0.05, 0.1) is 0 Å². The summed E-state index contributed by atoms with van der Waals surface area (Å²) in [4.78, 5) is 14.9. The van der Waals surface area contributed by atoms with Gasteiger partial charge in [-0.25, -0.2) is 9.78 Å². The lowest BCUT2D eigenvalue weighted by Crippen LogP contribution is -1.96. The number of carboxylic acids is 1. The summed E-state index contributed by atoms with van der Waals surface area (Å²) in [6.07, 6.45) is 1.35. The van der Waals surface area contributed by atoms with Crippen LogP contribution in [-0.4, -0.2) is 16.1 Å². The average molecular weight is 239 g/mol. The van der Waals surface area contributed by atoms with Gasteiger partial charge in [-0.2, -0.15) is 0 Å². The minimum Gasteiger partial charge on any atom is -0.486 e. The molecule has 6 heteroatoms. The van der Waals surface area contributed by atoms with E-state index in [0.717, 1.165) is 11.3 Å². The molecule has 0 amide bonds. The van der Waals surface area contributed by atoms with Crippen molar-refractivity contribution in [2.24, 2.45) is 0 Å².